The SMILES string of the molecule is COc1cnc(C#CCO)cn1. The Kier molecular flexibility index (Phi) is 3.05. The van der Waals surface area contributed by atoms with Gasteiger partial charge in [-0.15, -0.1) is 0 Å². The van der Waals surface area contributed by atoms with E-state index in [2.05, 4.69) is 21.8 Å². The van der Waals surface area contributed by atoms with Gasteiger partial charge in [0, 0.05) is 0 Å². The molecule has 0 atom stereocenters. The molecule has 0 amide bonds. The zero-order valence-electron chi connectivity index (χ0n) is 6.61. The molecule has 1 aromatic rings. The third kappa shape index (κ3) is 2.22. The third-order valence-electron chi connectivity index (χ3n) is 1.13. The fraction of sp³-hybridized carbons (Fsp3) is 0.250. The van der Waals surface area contributed by atoms with Crippen molar-refractivity contribution in [1.82, 2.24) is 9.97 Å². The first-order chi connectivity index (χ1) is 5.86. The number of ether oxygens (including phenoxy) is 1. The highest BCUT2D eigenvalue weighted by molar-refractivity contribution is 5.25. The molecule has 0 fully saturated rings. The monoisotopic (exact) mass is 164 g/mol. The van der Waals surface area contributed by atoms with E-state index in [-0.39, 0.29) is 6.61 Å². The van der Waals surface area contributed by atoms with Gasteiger partial charge in [0.15, 0.2) is 0 Å². The molecule has 0 radical (unpaired) electrons. The highest BCUT2D eigenvalue weighted by Crippen LogP contribution is 2.00. The molecule has 0 saturated heterocycles. The Morgan fingerprint density at radius 2 is 2.33 bits per heavy atom. The van der Waals surface area contributed by atoms with Gasteiger partial charge in [-0.1, -0.05) is 5.92 Å². The lowest BCUT2D eigenvalue weighted by atomic mass is 10.4. The van der Waals surface area contributed by atoms with E-state index in [1.807, 2.05) is 0 Å². The quantitative estimate of drug-likeness (QED) is 0.585. The zero-order chi connectivity index (χ0) is 8.81. The number of rotatable bonds is 1. The number of aromatic nitrogens is 2. The standard InChI is InChI=1S/C8H8N2O2/c1-12-8-6-9-7(5-10-8)3-2-4-11/h5-6,11H,4H2,1H3. The maximum absolute atomic E-state index is 8.38. The van der Waals surface area contributed by atoms with E-state index in [0.717, 1.165) is 0 Å². The zero-order valence-corrected chi connectivity index (χ0v) is 6.61. The van der Waals surface area contributed by atoms with Crippen LogP contribution in [0.15, 0.2) is 12.4 Å². The molecule has 1 aromatic heterocycles. The molecule has 12 heavy (non-hydrogen) atoms. The van der Waals surface area contributed by atoms with E-state index in [1.165, 1.54) is 19.5 Å². The average Bonchev–Trinajstić information content (AvgIpc) is 2.15. The van der Waals surface area contributed by atoms with E-state index in [9.17, 15) is 0 Å². The first-order valence-corrected chi connectivity index (χ1v) is 3.32. The molecular formula is C8H8N2O2. The predicted molar refractivity (Wildman–Crippen MR) is 42.5 cm³/mol. The second-order valence-corrected chi connectivity index (χ2v) is 1.90. The van der Waals surface area contributed by atoms with Crippen LogP contribution in [0.3, 0.4) is 0 Å². The fourth-order valence-corrected chi connectivity index (χ4v) is 0.616. The second kappa shape index (κ2) is 4.31. The molecule has 0 saturated carbocycles. The molecule has 0 bridgehead atoms. The van der Waals surface area contributed by atoms with Crippen molar-refractivity contribution in [1.29, 1.82) is 0 Å². The van der Waals surface area contributed by atoms with Crippen molar-refractivity contribution in [2.75, 3.05) is 13.7 Å². The Hall–Kier alpha value is -1.60. The molecule has 4 heteroatoms. The minimum atomic E-state index is -0.173. The molecule has 62 valence electrons. The largest absolute Gasteiger partial charge is 0.480 e. The first-order valence-electron chi connectivity index (χ1n) is 3.32. The topological polar surface area (TPSA) is 55.2 Å². The number of hydrogen-bond acceptors (Lipinski definition) is 4. The lowest BCUT2D eigenvalue weighted by Gasteiger charge is -1.94. The number of hydrogen-bond donors (Lipinski definition) is 1. The van der Waals surface area contributed by atoms with E-state index in [4.69, 9.17) is 9.84 Å². The smallest absolute Gasteiger partial charge is 0.232 e. The van der Waals surface area contributed by atoms with Crippen molar-refractivity contribution in [3.63, 3.8) is 0 Å². The van der Waals surface area contributed by atoms with Crippen LogP contribution in [0, 0.1) is 11.8 Å². The number of methoxy groups -OCH3 is 1. The van der Waals surface area contributed by atoms with Gasteiger partial charge in [-0.3, -0.25) is 0 Å². The Bertz CT molecular complexity index is 297. The van der Waals surface area contributed by atoms with Crippen LogP contribution >= 0.6 is 0 Å². The van der Waals surface area contributed by atoms with E-state index in [1.54, 1.807) is 0 Å². The van der Waals surface area contributed by atoms with Crippen LogP contribution in [0.2, 0.25) is 0 Å². The van der Waals surface area contributed by atoms with Crippen molar-refractivity contribution >= 4 is 0 Å². The van der Waals surface area contributed by atoms with Gasteiger partial charge in [-0.05, 0) is 5.92 Å². The number of nitrogens with zero attached hydrogens (tertiary/aromatic N) is 2. The van der Waals surface area contributed by atoms with Crippen LogP contribution in [0.5, 0.6) is 5.88 Å². The van der Waals surface area contributed by atoms with Gasteiger partial charge in [-0.25, -0.2) is 9.97 Å². The minimum Gasteiger partial charge on any atom is -0.480 e. The van der Waals surface area contributed by atoms with E-state index < -0.39 is 0 Å². The van der Waals surface area contributed by atoms with Crippen LogP contribution in [0.1, 0.15) is 5.69 Å². The summed E-state index contributed by atoms with van der Waals surface area (Å²) in [5.74, 6) is 5.53. The molecule has 4 nitrogen and oxygen atoms in total. The normalized spacial score (nSPS) is 8.50. The molecule has 0 spiro atoms. The Labute approximate surface area is 70.2 Å². The minimum absolute atomic E-state index is 0.173. The molecule has 1 N–H and O–H groups in total. The summed E-state index contributed by atoms with van der Waals surface area (Å²) in [6.07, 6.45) is 2.96. The first kappa shape index (κ1) is 8.50. The van der Waals surface area contributed by atoms with Crippen LogP contribution in [-0.4, -0.2) is 28.8 Å². The summed E-state index contributed by atoms with van der Waals surface area (Å²) in [5, 5.41) is 8.38. The summed E-state index contributed by atoms with van der Waals surface area (Å²) in [7, 11) is 1.52. The molecule has 0 aromatic carbocycles. The highest BCUT2D eigenvalue weighted by atomic mass is 16.5. The molecule has 0 aliphatic rings. The molecule has 1 heterocycles. The lowest BCUT2D eigenvalue weighted by molar-refractivity contribution is 0.350. The maximum Gasteiger partial charge on any atom is 0.232 e. The second-order valence-electron chi connectivity index (χ2n) is 1.90. The van der Waals surface area contributed by atoms with Gasteiger partial charge >= 0.3 is 0 Å². The van der Waals surface area contributed by atoms with Gasteiger partial charge < -0.3 is 9.84 Å². The van der Waals surface area contributed by atoms with Gasteiger partial charge in [0.25, 0.3) is 0 Å². The maximum atomic E-state index is 8.38. The van der Waals surface area contributed by atoms with E-state index in [0.29, 0.717) is 11.6 Å². The molecule has 0 aliphatic carbocycles. The Morgan fingerprint density at radius 1 is 1.50 bits per heavy atom. The summed E-state index contributed by atoms with van der Waals surface area (Å²) in [4.78, 5) is 7.80. The van der Waals surface area contributed by atoms with Crippen molar-refractivity contribution in [3.8, 4) is 17.7 Å². The van der Waals surface area contributed by atoms with Gasteiger partial charge in [0.05, 0.1) is 19.5 Å². The van der Waals surface area contributed by atoms with Crippen LogP contribution < -0.4 is 4.74 Å². The average molecular weight is 164 g/mol. The number of aliphatic hydroxyl groups excluding tert-OH is 1. The van der Waals surface area contributed by atoms with Gasteiger partial charge in [0.2, 0.25) is 5.88 Å². The van der Waals surface area contributed by atoms with E-state index >= 15 is 0 Å². The Balaban J connectivity index is 2.78. The predicted octanol–water partition coefficient (Wildman–Crippen LogP) is -0.171. The molecular weight excluding hydrogens is 156 g/mol. The summed E-state index contributed by atoms with van der Waals surface area (Å²) in [6.45, 7) is -0.173. The summed E-state index contributed by atoms with van der Waals surface area (Å²) < 4.78 is 4.80. The summed E-state index contributed by atoms with van der Waals surface area (Å²) >= 11 is 0. The number of aliphatic hydroxyl groups is 1. The molecule has 1 rings (SSSR count). The van der Waals surface area contributed by atoms with Crippen molar-refractivity contribution in [3.05, 3.63) is 18.1 Å². The van der Waals surface area contributed by atoms with Crippen LogP contribution in [0.25, 0.3) is 0 Å². The van der Waals surface area contributed by atoms with Crippen LogP contribution in [-0.2, 0) is 0 Å². The van der Waals surface area contributed by atoms with Crippen molar-refractivity contribution in [2.24, 2.45) is 0 Å². The van der Waals surface area contributed by atoms with Gasteiger partial charge in [-0.2, -0.15) is 0 Å². The molecule has 0 unspecified atom stereocenters. The van der Waals surface area contributed by atoms with Gasteiger partial charge in [0.1, 0.15) is 12.3 Å². The van der Waals surface area contributed by atoms with Crippen molar-refractivity contribution in [2.45, 2.75) is 0 Å². The fourth-order valence-electron chi connectivity index (χ4n) is 0.616. The van der Waals surface area contributed by atoms with Crippen molar-refractivity contribution < 1.29 is 9.84 Å². The third-order valence-corrected chi connectivity index (χ3v) is 1.13. The van der Waals surface area contributed by atoms with Crippen LogP contribution in [0.4, 0.5) is 0 Å². The lowest BCUT2D eigenvalue weighted by Crippen LogP contribution is -1.90. The summed E-state index contributed by atoms with van der Waals surface area (Å²) in [6, 6.07) is 0. The summed E-state index contributed by atoms with van der Waals surface area (Å²) in [5.41, 5.74) is 0.518. The highest BCUT2D eigenvalue weighted by Gasteiger charge is 1.91. The Morgan fingerprint density at radius 3 is 2.83 bits per heavy atom. The molecule has 0 aliphatic heterocycles.